The topological polar surface area (TPSA) is 27.1 Å². The van der Waals surface area contributed by atoms with E-state index in [0.29, 0.717) is 22.5 Å². The molecule has 0 aliphatic heterocycles. The van der Waals surface area contributed by atoms with Crippen molar-refractivity contribution in [3.63, 3.8) is 0 Å². The fourth-order valence-electron chi connectivity index (χ4n) is 3.42. The molecule has 3 nitrogen and oxygen atoms in total. The number of hydrogen-bond donors (Lipinski definition) is 0. The van der Waals surface area contributed by atoms with E-state index in [1.807, 2.05) is 12.1 Å². The number of hydrogen-bond acceptors (Lipinski definition) is 2. The van der Waals surface area contributed by atoms with E-state index < -0.39 is 0 Å². The van der Waals surface area contributed by atoms with E-state index in [4.69, 9.17) is 27.9 Å². The second-order valence-electron chi connectivity index (χ2n) is 6.96. The van der Waals surface area contributed by atoms with Crippen LogP contribution in [0.5, 0.6) is 5.88 Å². The lowest BCUT2D eigenvalue weighted by Crippen LogP contribution is -2.05. The van der Waals surface area contributed by atoms with Gasteiger partial charge in [0.25, 0.3) is 0 Å². The molecular weight excluding hydrogens is 446 g/mol. The maximum atomic E-state index is 13.3. The monoisotopic (exact) mass is 464 g/mol. The molecule has 0 bridgehead atoms. The first-order valence-corrected chi connectivity index (χ1v) is 9.95. The van der Waals surface area contributed by atoms with E-state index in [0.717, 1.165) is 27.7 Å². The molecule has 0 saturated heterocycles. The Morgan fingerprint density at radius 3 is 2.47 bits per heavy atom. The third-order valence-corrected chi connectivity index (χ3v) is 5.73. The molecule has 0 unspecified atom stereocenters. The summed E-state index contributed by atoms with van der Waals surface area (Å²) >= 11 is 12.2. The quantitative estimate of drug-likeness (QED) is 0.313. The molecule has 0 aliphatic carbocycles. The molecule has 0 atom stereocenters. The molecule has 0 saturated carbocycles. The standard InChI is InChI=1S/C23H19Cl2FN2O.ClH/c1-14-15(2)28(12-16-3-7-19(26)8-4-16)22-20(14)9-10-27-23(22)29-13-17-5-6-18(24)11-21(17)25;/h3-11H,12-13H2,1-2H3;1H. The van der Waals surface area contributed by atoms with Gasteiger partial charge in [-0.05, 0) is 55.3 Å². The zero-order valence-corrected chi connectivity index (χ0v) is 18.8. The molecule has 30 heavy (non-hydrogen) atoms. The summed E-state index contributed by atoms with van der Waals surface area (Å²) in [6, 6.07) is 13.8. The van der Waals surface area contributed by atoms with Crippen LogP contribution in [0.3, 0.4) is 0 Å². The van der Waals surface area contributed by atoms with Crippen LogP contribution in [-0.4, -0.2) is 9.55 Å². The summed E-state index contributed by atoms with van der Waals surface area (Å²) in [6.45, 7) is 5.03. The number of fused-ring (bicyclic) bond motifs is 1. The molecule has 2 aromatic carbocycles. The van der Waals surface area contributed by atoms with Gasteiger partial charge >= 0.3 is 0 Å². The second kappa shape index (κ2) is 9.25. The van der Waals surface area contributed by atoms with Crippen molar-refractivity contribution in [2.24, 2.45) is 0 Å². The van der Waals surface area contributed by atoms with Crippen LogP contribution in [0.1, 0.15) is 22.4 Å². The Morgan fingerprint density at radius 1 is 1.03 bits per heavy atom. The number of ether oxygens (including phenoxy) is 1. The van der Waals surface area contributed by atoms with Crippen molar-refractivity contribution < 1.29 is 9.13 Å². The Bertz CT molecular complexity index is 1190. The van der Waals surface area contributed by atoms with Gasteiger partial charge in [0.2, 0.25) is 5.88 Å². The minimum absolute atomic E-state index is 0. The first-order chi connectivity index (χ1) is 13.9. The van der Waals surface area contributed by atoms with Gasteiger partial charge < -0.3 is 9.30 Å². The summed E-state index contributed by atoms with van der Waals surface area (Å²) in [5.41, 5.74) is 5.03. The molecular formula is C23H20Cl3FN2O. The van der Waals surface area contributed by atoms with Gasteiger partial charge in [-0.25, -0.2) is 9.37 Å². The fourth-order valence-corrected chi connectivity index (χ4v) is 3.89. The van der Waals surface area contributed by atoms with Gasteiger partial charge in [0, 0.05) is 39.4 Å². The van der Waals surface area contributed by atoms with Crippen LogP contribution in [0.25, 0.3) is 10.9 Å². The Kier molecular flexibility index (Phi) is 6.91. The number of pyridine rings is 1. The largest absolute Gasteiger partial charge is 0.471 e. The number of aromatic nitrogens is 2. The van der Waals surface area contributed by atoms with E-state index in [2.05, 4.69) is 23.4 Å². The first-order valence-electron chi connectivity index (χ1n) is 9.19. The molecule has 156 valence electrons. The highest BCUT2D eigenvalue weighted by molar-refractivity contribution is 6.35. The summed E-state index contributed by atoms with van der Waals surface area (Å²) in [7, 11) is 0. The van der Waals surface area contributed by atoms with Crippen molar-refractivity contribution in [2.45, 2.75) is 27.0 Å². The molecule has 0 amide bonds. The van der Waals surface area contributed by atoms with E-state index >= 15 is 0 Å². The number of rotatable bonds is 5. The Labute approximate surface area is 190 Å². The van der Waals surface area contributed by atoms with Crippen molar-refractivity contribution in [1.82, 2.24) is 9.55 Å². The predicted molar refractivity (Wildman–Crippen MR) is 123 cm³/mol. The van der Waals surface area contributed by atoms with E-state index in [1.54, 1.807) is 30.5 Å². The van der Waals surface area contributed by atoms with Crippen molar-refractivity contribution in [3.8, 4) is 5.88 Å². The highest BCUT2D eigenvalue weighted by Gasteiger charge is 2.17. The summed E-state index contributed by atoms with van der Waals surface area (Å²) in [5.74, 6) is 0.288. The SMILES string of the molecule is Cc1c(C)n(Cc2ccc(F)cc2)c2c(OCc3ccc(Cl)cc3Cl)nccc12.Cl. The maximum absolute atomic E-state index is 13.3. The third kappa shape index (κ3) is 4.41. The lowest BCUT2D eigenvalue weighted by Gasteiger charge is -2.13. The smallest absolute Gasteiger partial charge is 0.238 e. The van der Waals surface area contributed by atoms with Crippen LogP contribution in [0, 0.1) is 19.7 Å². The summed E-state index contributed by atoms with van der Waals surface area (Å²) in [4.78, 5) is 4.47. The van der Waals surface area contributed by atoms with Gasteiger partial charge in [0.1, 0.15) is 17.9 Å². The van der Waals surface area contributed by atoms with Crippen LogP contribution in [0.15, 0.2) is 54.7 Å². The van der Waals surface area contributed by atoms with Crippen LogP contribution >= 0.6 is 35.6 Å². The average molecular weight is 466 g/mol. The molecule has 0 radical (unpaired) electrons. The average Bonchev–Trinajstić information content (AvgIpc) is 2.94. The highest BCUT2D eigenvalue weighted by atomic mass is 35.5. The van der Waals surface area contributed by atoms with Crippen LogP contribution < -0.4 is 4.74 Å². The Balaban J connectivity index is 0.00000256. The van der Waals surface area contributed by atoms with Crippen molar-refractivity contribution in [2.75, 3.05) is 0 Å². The molecule has 2 heterocycles. The van der Waals surface area contributed by atoms with E-state index in [1.165, 1.54) is 17.7 Å². The molecule has 4 rings (SSSR count). The third-order valence-electron chi connectivity index (χ3n) is 5.15. The van der Waals surface area contributed by atoms with Gasteiger partial charge in [-0.2, -0.15) is 0 Å². The molecule has 0 spiro atoms. The van der Waals surface area contributed by atoms with Gasteiger partial charge in [-0.3, -0.25) is 0 Å². The zero-order valence-electron chi connectivity index (χ0n) is 16.5. The molecule has 7 heteroatoms. The Hall–Kier alpha value is -2.27. The zero-order chi connectivity index (χ0) is 20.5. The minimum Gasteiger partial charge on any atom is -0.471 e. The van der Waals surface area contributed by atoms with Gasteiger partial charge in [-0.1, -0.05) is 41.4 Å². The molecule has 0 aliphatic rings. The normalized spacial score (nSPS) is 10.8. The summed E-state index contributed by atoms with van der Waals surface area (Å²) < 4.78 is 21.5. The van der Waals surface area contributed by atoms with E-state index in [-0.39, 0.29) is 24.8 Å². The molecule has 0 fully saturated rings. The minimum atomic E-state index is -0.246. The second-order valence-corrected chi connectivity index (χ2v) is 7.80. The number of halogens is 4. The lowest BCUT2D eigenvalue weighted by molar-refractivity contribution is 0.296. The van der Waals surface area contributed by atoms with Crippen molar-refractivity contribution >= 4 is 46.5 Å². The summed E-state index contributed by atoms with van der Waals surface area (Å²) in [5, 5.41) is 2.22. The number of aryl methyl sites for hydroxylation is 1. The fraction of sp³-hybridized carbons (Fsp3) is 0.174. The molecule has 0 N–H and O–H groups in total. The predicted octanol–water partition coefficient (Wildman–Crippen LogP) is 7.15. The maximum Gasteiger partial charge on any atom is 0.238 e. The van der Waals surface area contributed by atoms with E-state index in [9.17, 15) is 4.39 Å². The van der Waals surface area contributed by atoms with Crippen molar-refractivity contribution in [3.05, 3.63) is 93.0 Å². The van der Waals surface area contributed by atoms with Gasteiger partial charge in [-0.15, -0.1) is 12.4 Å². The molecule has 2 aromatic heterocycles. The van der Waals surface area contributed by atoms with Gasteiger partial charge in [0.05, 0.1) is 0 Å². The number of benzene rings is 2. The summed E-state index contributed by atoms with van der Waals surface area (Å²) in [6.07, 6.45) is 1.75. The first kappa shape index (κ1) is 22.4. The number of nitrogens with zero attached hydrogens (tertiary/aromatic N) is 2. The van der Waals surface area contributed by atoms with Crippen LogP contribution in [0.2, 0.25) is 10.0 Å². The Morgan fingerprint density at radius 2 is 1.77 bits per heavy atom. The lowest BCUT2D eigenvalue weighted by atomic mass is 10.2. The van der Waals surface area contributed by atoms with Crippen molar-refractivity contribution in [1.29, 1.82) is 0 Å². The van der Waals surface area contributed by atoms with Gasteiger partial charge in [0.15, 0.2) is 0 Å². The highest BCUT2D eigenvalue weighted by Crippen LogP contribution is 2.32. The van der Waals surface area contributed by atoms with Crippen LogP contribution in [0.4, 0.5) is 4.39 Å². The van der Waals surface area contributed by atoms with Crippen LogP contribution in [-0.2, 0) is 13.2 Å². The molecule has 4 aromatic rings.